The first-order chi connectivity index (χ1) is 16.4. The summed E-state index contributed by atoms with van der Waals surface area (Å²) in [5, 5.41) is 12.3. The van der Waals surface area contributed by atoms with Crippen molar-refractivity contribution in [2.24, 2.45) is 0 Å². The molecule has 0 unspecified atom stereocenters. The summed E-state index contributed by atoms with van der Waals surface area (Å²) in [4.78, 5) is 21.2. The van der Waals surface area contributed by atoms with E-state index in [-0.39, 0.29) is 12.3 Å². The van der Waals surface area contributed by atoms with Gasteiger partial charge in [0.2, 0.25) is 5.76 Å². The van der Waals surface area contributed by atoms with Gasteiger partial charge in [-0.3, -0.25) is 4.79 Å². The van der Waals surface area contributed by atoms with Crippen LogP contribution in [0.4, 0.5) is 13.2 Å². The maximum atomic E-state index is 13.0. The van der Waals surface area contributed by atoms with Crippen molar-refractivity contribution in [3.8, 4) is 28.5 Å². The standard InChI is InChI=1S/C22H13F3N6O3/c23-22(24,25)33-16-5-2-13(3-6-16)14-4-7-18-17(10-14)21(32)31(30-28-18)12-15-11-19(34-29-15)20-26-8-1-9-27-20/h1-11H,12H2. The van der Waals surface area contributed by atoms with E-state index in [1.807, 2.05) is 0 Å². The third kappa shape index (κ3) is 4.46. The average Bonchev–Trinajstić information content (AvgIpc) is 3.29. The van der Waals surface area contributed by atoms with Crippen molar-refractivity contribution in [2.75, 3.05) is 0 Å². The van der Waals surface area contributed by atoms with E-state index in [1.165, 1.54) is 24.3 Å². The van der Waals surface area contributed by atoms with Gasteiger partial charge >= 0.3 is 6.36 Å². The maximum Gasteiger partial charge on any atom is 0.573 e. The van der Waals surface area contributed by atoms with Crippen molar-refractivity contribution in [1.29, 1.82) is 0 Å². The van der Waals surface area contributed by atoms with Gasteiger partial charge in [0.25, 0.3) is 5.56 Å². The van der Waals surface area contributed by atoms with E-state index < -0.39 is 11.9 Å². The summed E-state index contributed by atoms with van der Waals surface area (Å²) >= 11 is 0. The van der Waals surface area contributed by atoms with E-state index in [0.29, 0.717) is 39.3 Å². The predicted octanol–water partition coefficient (Wildman–Crippen LogP) is 3.85. The number of benzene rings is 2. The second-order valence-corrected chi connectivity index (χ2v) is 7.11. The number of hydrogen-bond donors (Lipinski definition) is 0. The SMILES string of the molecule is O=c1c2cc(-c3ccc(OC(F)(F)F)cc3)ccc2nnn1Cc1cc(-c2ncccn2)on1. The molecule has 0 saturated carbocycles. The quantitative estimate of drug-likeness (QED) is 0.384. The molecule has 0 radical (unpaired) electrons. The first-order valence-electron chi connectivity index (χ1n) is 9.82. The number of halogens is 3. The summed E-state index contributed by atoms with van der Waals surface area (Å²) in [5.74, 6) is 0.366. The molecule has 0 aliphatic carbocycles. The molecule has 0 aliphatic rings. The smallest absolute Gasteiger partial charge is 0.406 e. The minimum absolute atomic E-state index is 0.00577. The number of aromatic nitrogens is 6. The summed E-state index contributed by atoms with van der Waals surface area (Å²) < 4.78 is 47.4. The molecular weight excluding hydrogens is 453 g/mol. The molecule has 9 nitrogen and oxygen atoms in total. The van der Waals surface area contributed by atoms with Crippen molar-refractivity contribution in [3.05, 3.63) is 83.0 Å². The van der Waals surface area contributed by atoms with Gasteiger partial charge in [0.15, 0.2) is 5.82 Å². The number of ether oxygens (including phenoxy) is 1. The molecule has 0 atom stereocenters. The number of fused-ring (bicyclic) bond motifs is 1. The molecule has 5 aromatic rings. The van der Waals surface area contributed by atoms with Crippen LogP contribution in [0.2, 0.25) is 0 Å². The summed E-state index contributed by atoms with van der Waals surface area (Å²) in [5.41, 5.74) is 1.61. The molecule has 2 aromatic carbocycles. The zero-order chi connectivity index (χ0) is 23.7. The van der Waals surface area contributed by atoms with Crippen LogP contribution in [0.1, 0.15) is 5.69 Å². The van der Waals surface area contributed by atoms with Crippen molar-refractivity contribution in [2.45, 2.75) is 12.9 Å². The Morgan fingerprint density at radius 3 is 2.44 bits per heavy atom. The topological polar surface area (TPSA) is 109 Å². The normalized spacial score (nSPS) is 11.6. The molecule has 0 saturated heterocycles. The molecular formula is C22H13F3N6O3. The molecule has 3 heterocycles. The molecule has 170 valence electrons. The molecule has 0 spiro atoms. The van der Waals surface area contributed by atoms with Crippen molar-refractivity contribution in [3.63, 3.8) is 0 Å². The highest BCUT2D eigenvalue weighted by atomic mass is 19.4. The molecule has 5 rings (SSSR count). The van der Waals surface area contributed by atoms with Crippen LogP contribution in [0.3, 0.4) is 0 Å². The fraction of sp³-hybridized carbons (Fsp3) is 0.0909. The largest absolute Gasteiger partial charge is 0.573 e. The zero-order valence-corrected chi connectivity index (χ0v) is 17.1. The fourth-order valence-corrected chi connectivity index (χ4v) is 3.28. The van der Waals surface area contributed by atoms with Crippen LogP contribution in [0, 0.1) is 0 Å². The van der Waals surface area contributed by atoms with Crippen LogP contribution >= 0.6 is 0 Å². The third-order valence-corrected chi connectivity index (χ3v) is 4.80. The van der Waals surface area contributed by atoms with Crippen LogP contribution in [0.25, 0.3) is 33.6 Å². The summed E-state index contributed by atoms with van der Waals surface area (Å²) in [7, 11) is 0. The summed E-state index contributed by atoms with van der Waals surface area (Å²) in [6.45, 7) is 0.00577. The highest BCUT2D eigenvalue weighted by Crippen LogP contribution is 2.27. The number of hydrogen-bond acceptors (Lipinski definition) is 8. The Balaban J connectivity index is 1.43. The summed E-state index contributed by atoms with van der Waals surface area (Å²) in [6.07, 6.45) is -1.64. The van der Waals surface area contributed by atoms with Gasteiger partial charge in [0.1, 0.15) is 17.0 Å². The van der Waals surface area contributed by atoms with Crippen molar-refractivity contribution < 1.29 is 22.4 Å². The lowest BCUT2D eigenvalue weighted by Crippen LogP contribution is -2.25. The van der Waals surface area contributed by atoms with Crippen LogP contribution in [-0.4, -0.2) is 36.5 Å². The Morgan fingerprint density at radius 1 is 0.971 bits per heavy atom. The van der Waals surface area contributed by atoms with Crippen molar-refractivity contribution in [1.82, 2.24) is 30.1 Å². The Labute approximate surface area is 188 Å². The van der Waals surface area contributed by atoms with E-state index >= 15 is 0 Å². The first kappa shape index (κ1) is 21.2. The molecule has 0 bridgehead atoms. The molecule has 3 aromatic heterocycles. The predicted molar refractivity (Wildman–Crippen MR) is 113 cm³/mol. The fourth-order valence-electron chi connectivity index (χ4n) is 3.28. The minimum atomic E-state index is -4.77. The van der Waals surface area contributed by atoms with Gasteiger partial charge < -0.3 is 9.26 Å². The molecule has 0 N–H and O–H groups in total. The third-order valence-electron chi connectivity index (χ3n) is 4.80. The van der Waals surface area contributed by atoms with Gasteiger partial charge in [0.05, 0.1) is 11.9 Å². The van der Waals surface area contributed by atoms with Crippen LogP contribution in [0.5, 0.6) is 5.75 Å². The van der Waals surface area contributed by atoms with Gasteiger partial charge in [-0.05, 0) is 41.5 Å². The number of nitrogens with zero attached hydrogens (tertiary/aromatic N) is 6. The van der Waals surface area contributed by atoms with E-state index in [1.54, 1.807) is 42.7 Å². The lowest BCUT2D eigenvalue weighted by molar-refractivity contribution is -0.274. The maximum absolute atomic E-state index is 13.0. The second-order valence-electron chi connectivity index (χ2n) is 7.11. The van der Waals surface area contributed by atoms with E-state index in [0.717, 1.165) is 4.68 Å². The van der Waals surface area contributed by atoms with Crippen LogP contribution in [-0.2, 0) is 6.54 Å². The number of alkyl halides is 3. The van der Waals surface area contributed by atoms with E-state index in [9.17, 15) is 18.0 Å². The minimum Gasteiger partial charge on any atom is -0.406 e. The lowest BCUT2D eigenvalue weighted by atomic mass is 10.0. The van der Waals surface area contributed by atoms with E-state index in [2.05, 4.69) is 30.2 Å². The van der Waals surface area contributed by atoms with Gasteiger partial charge in [0, 0.05) is 18.5 Å². The van der Waals surface area contributed by atoms with Crippen LogP contribution in [0.15, 0.2) is 76.3 Å². The molecule has 0 amide bonds. The Kier molecular flexibility index (Phi) is 5.24. The summed E-state index contributed by atoms with van der Waals surface area (Å²) in [6, 6.07) is 13.5. The monoisotopic (exact) mass is 466 g/mol. The van der Waals surface area contributed by atoms with E-state index in [4.69, 9.17) is 4.52 Å². The second kappa shape index (κ2) is 8.39. The molecule has 0 aliphatic heterocycles. The van der Waals surface area contributed by atoms with Gasteiger partial charge in [-0.15, -0.1) is 18.3 Å². The molecule has 0 fully saturated rings. The molecule has 12 heteroatoms. The lowest BCUT2D eigenvalue weighted by Gasteiger charge is -2.09. The first-order valence-corrected chi connectivity index (χ1v) is 9.82. The van der Waals surface area contributed by atoms with Crippen molar-refractivity contribution >= 4 is 10.9 Å². The van der Waals surface area contributed by atoms with Gasteiger partial charge in [-0.2, -0.15) is 0 Å². The number of rotatable bonds is 5. The Morgan fingerprint density at radius 2 is 1.71 bits per heavy atom. The van der Waals surface area contributed by atoms with Gasteiger partial charge in [-0.25, -0.2) is 14.6 Å². The van der Waals surface area contributed by atoms with Crippen LogP contribution < -0.4 is 10.3 Å². The Bertz CT molecular complexity index is 1520. The Hall–Kier alpha value is -4.61. The highest BCUT2D eigenvalue weighted by Gasteiger charge is 2.31. The molecule has 34 heavy (non-hydrogen) atoms. The highest BCUT2D eigenvalue weighted by molar-refractivity contribution is 5.83. The zero-order valence-electron chi connectivity index (χ0n) is 17.1. The van der Waals surface area contributed by atoms with Gasteiger partial charge in [-0.1, -0.05) is 28.6 Å². The average molecular weight is 466 g/mol.